The molecule has 70 valence electrons. The molecule has 0 atom stereocenters. The van der Waals surface area contributed by atoms with E-state index in [4.69, 9.17) is 4.74 Å². The molecule has 1 aliphatic rings. The average Bonchev–Trinajstić information content (AvgIpc) is 2.56. The number of aliphatic imine (C=N–C) groups is 1. The molecule has 0 spiro atoms. The predicted molar refractivity (Wildman–Crippen MR) is 49.0 cm³/mol. The summed E-state index contributed by atoms with van der Waals surface area (Å²) in [5, 5.41) is 0. The number of carbonyl (C=O) groups excluding carboxylic acids is 1. The molecule has 0 amide bonds. The van der Waals surface area contributed by atoms with Crippen LogP contribution in [0.5, 0.6) is 0 Å². The fourth-order valence-electron chi connectivity index (χ4n) is 1.04. The zero-order valence-corrected chi connectivity index (χ0v) is 7.11. The van der Waals surface area contributed by atoms with Crippen LogP contribution in [0.4, 0.5) is 4.39 Å². The molecule has 4 heteroatoms. The highest BCUT2D eigenvalue weighted by molar-refractivity contribution is 6.25. The first-order valence-electron chi connectivity index (χ1n) is 3.97. The molecule has 14 heavy (non-hydrogen) atoms. The summed E-state index contributed by atoms with van der Waals surface area (Å²) in [4.78, 5) is 14.3. The van der Waals surface area contributed by atoms with E-state index in [-0.39, 0.29) is 11.7 Å². The number of nitrogens with zero attached hydrogens (tertiary/aromatic N) is 1. The Balaban J connectivity index is 2.22. The zero-order chi connectivity index (χ0) is 9.97. The Bertz CT molecular complexity index is 420. The van der Waals surface area contributed by atoms with Gasteiger partial charge >= 0.3 is 5.97 Å². The number of esters is 1. The number of hydrogen-bond donors (Lipinski definition) is 0. The molecule has 0 bridgehead atoms. The molecule has 3 nitrogen and oxygen atoms in total. The lowest BCUT2D eigenvalue weighted by atomic mass is 10.2. The van der Waals surface area contributed by atoms with Crippen molar-refractivity contribution in [2.24, 2.45) is 4.99 Å². The maximum absolute atomic E-state index is 12.5. The topological polar surface area (TPSA) is 38.7 Å². The van der Waals surface area contributed by atoms with Gasteiger partial charge in [0.05, 0.1) is 0 Å². The highest BCUT2D eigenvalue weighted by Gasteiger charge is 2.10. The van der Waals surface area contributed by atoms with Crippen molar-refractivity contribution in [3.8, 4) is 0 Å². The first-order valence-corrected chi connectivity index (χ1v) is 3.97. The van der Waals surface area contributed by atoms with Crippen LogP contribution in [0.15, 0.2) is 35.1 Å². The van der Waals surface area contributed by atoms with Crippen LogP contribution >= 0.6 is 0 Å². The van der Waals surface area contributed by atoms with Crippen LogP contribution in [0.1, 0.15) is 5.56 Å². The van der Waals surface area contributed by atoms with E-state index in [0.29, 0.717) is 0 Å². The molecule has 0 unspecified atom stereocenters. The lowest BCUT2D eigenvalue weighted by Crippen LogP contribution is -1.94. The van der Waals surface area contributed by atoms with Crippen molar-refractivity contribution in [3.63, 3.8) is 0 Å². The van der Waals surface area contributed by atoms with Crippen LogP contribution in [0.25, 0.3) is 6.08 Å². The Kier molecular flexibility index (Phi) is 2.10. The van der Waals surface area contributed by atoms with E-state index in [1.165, 1.54) is 12.1 Å². The van der Waals surface area contributed by atoms with Gasteiger partial charge in [0.2, 0.25) is 5.88 Å². The van der Waals surface area contributed by atoms with Crippen molar-refractivity contribution in [2.45, 2.75) is 0 Å². The van der Waals surface area contributed by atoms with E-state index >= 15 is 0 Å². The van der Waals surface area contributed by atoms with Crippen LogP contribution in [0.2, 0.25) is 0 Å². The van der Waals surface area contributed by atoms with Gasteiger partial charge in [-0.3, -0.25) is 0 Å². The minimum atomic E-state index is -0.488. The maximum atomic E-state index is 12.5. The number of benzene rings is 1. The Labute approximate surface area is 79.5 Å². The SMILES string of the molecule is O=C1C=N/C(=C/c2ccc(F)cc2)O1. The molecule has 1 aliphatic heterocycles. The first kappa shape index (κ1) is 8.62. The molecule has 1 aromatic rings. The Hall–Kier alpha value is -1.97. The summed E-state index contributed by atoms with van der Waals surface area (Å²) in [6.07, 6.45) is 2.65. The third-order valence-electron chi connectivity index (χ3n) is 1.66. The number of halogens is 1. The van der Waals surface area contributed by atoms with Gasteiger partial charge in [0.1, 0.15) is 12.0 Å². The molecule has 0 saturated carbocycles. The summed E-state index contributed by atoms with van der Waals surface area (Å²) in [5.41, 5.74) is 0.730. The minimum absolute atomic E-state index is 0.224. The van der Waals surface area contributed by atoms with E-state index in [1.54, 1.807) is 18.2 Å². The Morgan fingerprint density at radius 3 is 2.57 bits per heavy atom. The number of rotatable bonds is 1. The summed E-state index contributed by atoms with van der Waals surface area (Å²) in [5.74, 6) is -0.570. The van der Waals surface area contributed by atoms with E-state index in [1.807, 2.05) is 0 Å². The van der Waals surface area contributed by atoms with Gasteiger partial charge in [-0.25, -0.2) is 14.2 Å². The monoisotopic (exact) mass is 191 g/mol. The van der Waals surface area contributed by atoms with Crippen LogP contribution < -0.4 is 0 Å². The largest absolute Gasteiger partial charge is 0.403 e. The van der Waals surface area contributed by atoms with E-state index in [0.717, 1.165) is 11.8 Å². The third-order valence-corrected chi connectivity index (χ3v) is 1.66. The number of ether oxygens (including phenoxy) is 1. The van der Waals surface area contributed by atoms with E-state index in [9.17, 15) is 9.18 Å². The lowest BCUT2D eigenvalue weighted by Gasteiger charge is -1.95. The molecule has 0 aliphatic carbocycles. The van der Waals surface area contributed by atoms with E-state index < -0.39 is 5.97 Å². The van der Waals surface area contributed by atoms with Crippen LogP contribution in [0.3, 0.4) is 0 Å². The molecule has 0 fully saturated rings. The standard InChI is InChI=1S/C10H6FNO2/c11-8-3-1-7(2-4-8)5-9-12-6-10(13)14-9/h1-6H/b9-5-. The third kappa shape index (κ3) is 1.85. The molecule has 0 N–H and O–H groups in total. The smallest absolute Gasteiger partial charge is 0.356 e. The fourth-order valence-corrected chi connectivity index (χ4v) is 1.04. The molecule has 1 aromatic carbocycles. The predicted octanol–water partition coefficient (Wildman–Crippen LogP) is 1.75. The molecular formula is C10H6FNO2. The van der Waals surface area contributed by atoms with Crippen molar-refractivity contribution in [2.75, 3.05) is 0 Å². The minimum Gasteiger partial charge on any atom is -0.403 e. The maximum Gasteiger partial charge on any atom is 0.356 e. The average molecular weight is 191 g/mol. The second-order valence-electron chi connectivity index (χ2n) is 2.71. The van der Waals surface area contributed by atoms with Gasteiger partial charge < -0.3 is 4.74 Å². The highest BCUT2D eigenvalue weighted by Crippen LogP contribution is 2.12. The highest BCUT2D eigenvalue weighted by atomic mass is 19.1. The summed E-state index contributed by atoms with van der Waals surface area (Å²) in [6.45, 7) is 0. The van der Waals surface area contributed by atoms with Crippen LogP contribution in [0, 0.1) is 5.82 Å². The molecule has 1 heterocycles. The van der Waals surface area contributed by atoms with Crippen molar-refractivity contribution in [1.29, 1.82) is 0 Å². The molecule has 0 saturated heterocycles. The summed E-state index contributed by atoms with van der Waals surface area (Å²) in [7, 11) is 0. The van der Waals surface area contributed by atoms with Gasteiger partial charge in [0, 0.05) is 6.08 Å². The van der Waals surface area contributed by atoms with Crippen LogP contribution in [-0.2, 0) is 9.53 Å². The first-order chi connectivity index (χ1) is 6.74. The van der Waals surface area contributed by atoms with Gasteiger partial charge in [-0.1, -0.05) is 12.1 Å². The zero-order valence-electron chi connectivity index (χ0n) is 7.11. The Morgan fingerprint density at radius 2 is 2.00 bits per heavy atom. The Morgan fingerprint density at radius 1 is 1.29 bits per heavy atom. The number of cyclic esters (lactones) is 1. The normalized spacial score (nSPS) is 17.5. The van der Waals surface area contributed by atoms with Gasteiger partial charge in [0.25, 0.3) is 0 Å². The van der Waals surface area contributed by atoms with Gasteiger partial charge in [-0.2, -0.15) is 0 Å². The molecule has 0 radical (unpaired) electrons. The second-order valence-corrected chi connectivity index (χ2v) is 2.71. The lowest BCUT2D eigenvalue weighted by molar-refractivity contribution is -0.129. The fraction of sp³-hybridized carbons (Fsp3) is 0. The van der Waals surface area contributed by atoms with Crippen molar-refractivity contribution in [3.05, 3.63) is 41.5 Å². The van der Waals surface area contributed by atoms with Gasteiger partial charge in [0.15, 0.2) is 0 Å². The second kappa shape index (κ2) is 3.41. The summed E-state index contributed by atoms with van der Waals surface area (Å²) in [6, 6.07) is 5.80. The van der Waals surface area contributed by atoms with Crippen molar-refractivity contribution in [1.82, 2.24) is 0 Å². The summed E-state index contributed by atoms with van der Waals surface area (Å²) >= 11 is 0. The molecular weight excluding hydrogens is 185 g/mol. The number of hydrogen-bond acceptors (Lipinski definition) is 3. The molecule has 0 aromatic heterocycles. The van der Waals surface area contributed by atoms with Crippen molar-refractivity contribution >= 4 is 18.3 Å². The summed E-state index contributed by atoms with van der Waals surface area (Å²) < 4.78 is 17.2. The van der Waals surface area contributed by atoms with Gasteiger partial charge in [-0.15, -0.1) is 0 Å². The number of carbonyl (C=O) groups is 1. The quantitative estimate of drug-likeness (QED) is 0.634. The molecule has 2 rings (SSSR count). The van der Waals surface area contributed by atoms with E-state index in [2.05, 4.69) is 4.99 Å². The van der Waals surface area contributed by atoms with Crippen molar-refractivity contribution < 1.29 is 13.9 Å². The van der Waals surface area contributed by atoms with Gasteiger partial charge in [-0.05, 0) is 17.7 Å². The van der Waals surface area contributed by atoms with Crippen LogP contribution in [-0.4, -0.2) is 12.2 Å².